The van der Waals surface area contributed by atoms with Gasteiger partial charge in [0, 0.05) is 24.7 Å². The van der Waals surface area contributed by atoms with Crippen LogP contribution in [0.1, 0.15) is 25.5 Å². The Morgan fingerprint density at radius 1 is 1.03 bits per heavy atom. The number of pyridine rings is 1. The number of sulfonamides is 1. The van der Waals surface area contributed by atoms with Crippen molar-refractivity contribution in [1.82, 2.24) is 14.6 Å². The molecular weight excluding hydrogens is 390 g/mol. The Labute approximate surface area is 169 Å². The molecule has 2 aromatic carbocycles. The first-order valence-electron chi connectivity index (χ1n) is 9.35. The third-order valence-electron chi connectivity index (χ3n) is 4.73. The largest absolute Gasteiger partial charge is 0.342 e. The van der Waals surface area contributed by atoms with Gasteiger partial charge in [0.05, 0.1) is 4.90 Å². The number of fused-ring (bicyclic) bond motifs is 1. The van der Waals surface area contributed by atoms with Crippen molar-refractivity contribution >= 4 is 26.8 Å². The molecular formula is C21H23N3O4S. The minimum Gasteiger partial charge on any atom is -0.342 e. The number of hydrogen-bond donors (Lipinski definition) is 2. The monoisotopic (exact) mass is 413 g/mol. The van der Waals surface area contributed by atoms with Crippen LogP contribution >= 0.6 is 0 Å². The van der Waals surface area contributed by atoms with Gasteiger partial charge in [-0.3, -0.25) is 9.59 Å². The van der Waals surface area contributed by atoms with Crippen molar-refractivity contribution < 1.29 is 13.2 Å². The summed E-state index contributed by atoms with van der Waals surface area (Å²) in [6.45, 7) is 4.65. The molecule has 0 saturated heterocycles. The molecule has 7 nitrogen and oxygen atoms in total. The second-order valence-electron chi connectivity index (χ2n) is 6.55. The molecule has 0 saturated carbocycles. The Morgan fingerprint density at radius 2 is 1.72 bits per heavy atom. The zero-order valence-corrected chi connectivity index (χ0v) is 17.1. The number of amides is 1. The molecule has 0 radical (unpaired) electrons. The predicted molar refractivity (Wildman–Crippen MR) is 112 cm³/mol. The van der Waals surface area contributed by atoms with E-state index in [9.17, 15) is 18.0 Å². The molecule has 152 valence electrons. The van der Waals surface area contributed by atoms with Gasteiger partial charge in [0.1, 0.15) is 6.04 Å². The van der Waals surface area contributed by atoms with Gasteiger partial charge in [-0.1, -0.05) is 30.3 Å². The Bertz CT molecular complexity index is 1170. The molecule has 1 amide bonds. The normalized spacial score (nSPS) is 12.6. The number of likely N-dealkylation sites (N-methyl/N-ethyl adjacent to an activating group) is 1. The molecule has 0 aliphatic carbocycles. The summed E-state index contributed by atoms with van der Waals surface area (Å²) in [7, 11) is -3.99. The number of H-pyrrole nitrogens is 1. The summed E-state index contributed by atoms with van der Waals surface area (Å²) in [6.07, 6.45) is 0. The summed E-state index contributed by atoms with van der Waals surface area (Å²) < 4.78 is 28.7. The zero-order valence-electron chi connectivity index (χ0n) is 16.3. The summed E-state index contributed by atoms with van der Waals surface area (Å²) in [6, 6.07) is 15.0. The fourth-order valence-corrected chi connectivity index (χ4v) is 4.36. The van der Waals surface area contributed by atoms with Crippen molar-refractivity contribution in [3.8, 4) is 0 Å². The lowest BCUT2D eigenvalue weighted by Gasteiger charge is -2.26. The van der Waals surface area contributed by atoms with Crippen LogP contribution in [0.5, 0.6) is 0 Å². The molecule has 2 N–H and O–H groups in total. The molecule has 0 aliphatic heterocycles. The predicted octanol–water partition coefficient (Wildman–Crippen LogP) is 2.42. The highest BCUT2D eigenvalue weighted by atomic mass is 32.2. The first-order valence-corrected chi connectivity index (χ1v) is 10.8. The van der Waals surface area contributed by atoms with Gasteiger partial charge < -0.3 is 9.88 Å². The van der Waals surface area contributed by atoms with Gasteiger partial charge in [-0.05, 0) is 49.1 Å². The maximum atomic E-state index is 13.1. The van der Waals surface area contributed by atoms with Crippen molar-refractivity contribution in [3.63, 3.8) is 0 Å². The van der Waals surface area contributed by atoms with Crippen molar-refractivity contribution in [2.75, 3.05) is 13.1 Å². The van der Waals surface area contributed by atoms with Crippen LogP contribution in [0.15, 0.2) is 70.4 Å². The fraction of sp³-hybridized carbons (Fsp3) is 0.238. The second-order valence-corrected chi connectivity index (χ2v) is 8.26. The van der Waals surface area contributed by atoms with E-state index < -0.39 is 16.1 Å². The van der Waals surface area contributed by atoms with Gasteiger partial charge in [-0.25, -0.2) is 8.42 Å². The Balaban J connectivity index is 2.00. The van der Waals surface area contributed by atoms with E-state index in [-0.39, 0.29) is 16.4 Å². The standard InChI is InChI=1S/C21H23N3O4S/c1-3-24(4-2)21(26)20(15-8-6-5-7-9-15)23-29(27,28)17-11-12-18-16(14-17)10-13-19(25)22-18/h5-14,20,23H,3-4H2,1-2H3,(H,22,25). The van der Waals surface area contributed by atoms with Crippen LogP contribution in [0, 0.1) is 0 Å². The maximum Gasteiger partial charge on any atom is 0.248 e. The lowest BCUT2D eigenvalue weighted by molar-refractivity contribution is -0.132. The summed E-state index contributed by atoms with van der Waals surface area (Å²) in [4.78, 5) is 28.7. The van der Waals surface area contributed by atoms with E-state index in [1.807, 2.05) is 13.8 Å². The van der Waals surface area contributed by atoms with Gasteiger partial charge in [-0.2, -0.15) is 4.72 Å². The summed E-state index contributed by atoms with van der Waals surface area (Å²) >= 11 is 0. The number of benzene rings is 2. The molecule has 1 aromatic heterocycles. The van der Waals surface area contributed by atoms with E-state index in [0.29, 0.717) is 29.6 Å². The minimum absolute atomic E-state index is 0.0188. The van der Waals surface area contributed by atoms with E-state index in [2.05, 4.69) is 9.71 Å². The van der Waals surface area contributed by atoms with Crippen molar-refractivity contribution in [2.45, 2.75) is 24.8 Å². The van der Waals surface area contributed by atoms with Gasteiger partial charge in [0.2, 0.25) is 21.5 Å². The Hall–Kier alpha value is -2.97. The number of rotatable bonds is 7. The number of carbonyl (C=O) groups excluding carboxylic acids is 1. The van der Waals surface area contributed by atoms with E-state index >= 15 is 0 Å². The SMILES string of the molecule is CCN(CC)C(=O)C(NS(=O)(=O)c1ccc2[nH]c(=O)ccc2c1)c1ccccc1. The van der Waals surface area contributed by atoms with E-state index in [4.69, 9.17) is 0 Å². The number of carbonyl (C=O) groups is 1. The number of aromatic nitrogens is 1. The smallest absolute Gasteiger partial charge is 0.248 e. The van der Waals surface area contributed by atoms with Crippen LogP contribution in [-0.4, -0.2) is 37.3 Å². The topological polar surface area (TPSA) is 99.3 Å². The molecule has 1 heterocycles. The molecule has 0 fully saturated rings. The van der Waals surface area contributed by atoms with Gasteiger partial charge in [0.15, 0.2) is 0 Å². The summed E-state index contributed by atoms with van der Waals surface area (Å²) in [5, 5.41) is 0.582. The number of nitrogens with one attached hydrogen (secondary N) is 2. The van der Waals surface area contributed by atoms with Crippen LogP contribution in [0.2, 0.25) is 0 Å². The molecule has 0 bridgehead atoms. The lowest BCUT2D eigenvalue weighted by Crippen LogP contribution is -2.42. The van der Waals surface area contributed by atoms with E-state index in [0.717, 1.165) is 0 Å². The van der Waals surface area contributed by atoms with Gasteiger partial charge in [-0.15, -0.1) is 0 Å². The molecule has 1 atom stereocenters. The average Bonchev–Trinajstić information content (AvgIpc) is 2.73. The quantitative estimate of drug-likeness (QED) is 0.621. The third kappa shape index (κ3) is 4.55. The lowest BCUT2D eigenvalue weighted by atomic mass is 10.1. The highest BCUT2D eigenvalue weighted by Crippen LogP contribution is 2.22. The van der Waals surface area contributed by atoms with E-state index in [1.165, 1.54) is 24.3 Å². The fourth-order valence-electron chi connectivity index (χ4n) is 3.15. The van der Waals surface area contributed by atoms with Crippen LogP contribution < -0.4 is 10.3 Å². The molecule has 29 heavy (non-hydrogen) atoms. The van der Waals surface area contributed by atoms with Crippen molar-refractivity contribution in [3.05, 3.63) is 76.6 Å². The Kier molecular flexibility index (Phi) is 6.14. The highest BCUT2D eigenvalue weighted by Gasteiger charge is 2.29. The molecule has 8 heteroatoms. The molecule has 1 unspecified atom stereocenters. The second kappa shape index (κ2) is 8.59. The summed E-state index contributed by atoms with van der Waals surface area (Å²) in [5.41, 5.74) is 0.841. The van der Waals surface area contributed by atoms with E-state index in [1.54, 1.807) is 41.3 Å². The van der Waals surface area contributed by atoms with Gasteiger partial charge in [0.25, 0.3) is 0 Å². The molecule has 0 spiro atoms. The zero-order chi connectivity index (χ0) is 21.0. The van der Waals surface area contributed by atoms with Crippen molar-refractivity contribution in [2.24, 2.45) is 0 Å². The van der Waals surface area contributed by atoms with Gasteiger partial charge >= 0.3 is 0 Å². The minimum atomic E-state index is -3.99. The Morgan fingerprint density at radius 3 is 2.38 bits per heavy atom. The first-order chi connectivity index (χ1) is 13.9. The first kappa shape index (κ1) is 20.8. The van der Waals surface area contributed by atoms with Crippen molar-refractivity contribution in [1.29, 1.82) is 0 Å². The average molecular weight is 413 g/mol. The van der Waals surface area contributed by atoms with Crippen LogP contribution in [-0.2, 0) is 14.8 Å². The number of nitrogens with zero attached hydrogens (tertiary/aromatic N) is 1. The molecule has 3 aromatic rings. The van der Waals surface area contributed by atoms with Crippen LogP contribution in [0.25, 0.3) is 10.9 Å². The molecule has 3 rings (SSSR count). The summed E-state index contributed by atoms with van der Waals surface area (Å²) in [5.74, 6) is -0.310. The number of aromatic amines is 1. The van der Waals surface area contributed by atoms with Crippen LogP contribution in [0.4, 0.5) is 0 Å². The van der Waals surface area contributed by atoms with Crippen LogP contribution in [0.3, 0.4) is 0 Å². The molecule has 0 aliphatic rings. The number of hydrogen-bond acceptors (Lipinski definition) is 4. The maximum absolute atomic E-state index is 13.1. The third-order valence-corrected chi connectivity index (χ3v) is 6.15. The highest BCUT2D eigenvalue weighted by molar-refractivity contribution is 7.89.